The second kappa shape index (κ2) is 9.71. The predicted octanol–water partition coefficient (Wildman–Crippen LogP) is 3.86. The summed E-state index contributed by atoms with van der Waals surface area (Å²) in [6.45, 7) is 1.91. The summed E-state index contributed by atoms with van der Waals surface area (Å²) in [6, 6.07) is 19.1. The van der Waals surface area contributed by atoms with E-state index in [0.29, 0.717) is 0 Å². The van der Waals surface area contributed by atoms with Crippen LogP contribution in [0.2, 0.25) is 0 Å². The summed E-state index contributed by atoms with van der Waals surface area (Å²) in [4.78, 5) is 11.3. The molecule has 0 spiro atoms. The first-order valence-corrected chi connectivity index (χ1v) is 11.4. The van der Waals surface area contributed by atoms with Crippen LogP contribution in [0.15, 0.2) is 67.0 Å². The first-order valence-electron chi connectivity index (χ1n) is 11.0. The molecule has 0 aliphatic carbocycles. The minimum Gasteiger partial charge on any atom is -0.378 e. The van der Waals surface area contributed by atoms with E-state index in [1.807, 2.05) is 18.3 Å². The maximum absolute atomic E-state index is 5.81. The monoisotopic (exact) mass is 448 g/mol. The fourth-order valence-electron chi connectivity index (χ4n) is 4.31. The zero-order valence-corrected chi connectivity index (χ0v) is 20.1. The van der Waals surface area contributed by atoms with Crippen molar-refractivity contribution in [3.63, 3.8) is 0 Å². The fraction of sp³-hybridized carbons (Fsp3) is 0.360. The summed E-state index contributed by atoms with van der Waals surface area (Å²) >= 11 is 5.81. The second-order valence-corrected chi connectivity index (χ2v) is 9.08. The topological polar surface area (TPSA) is 39.6 Å². The maximum atomic E-state index is 5.81. The van der Waals surface area contributed by atoms with Gasteiger partial charge in [0.05, 0.1) is 17.8 Å². The average molecular weight is 449 g/mol. The van der Waals surface area contributed by atoms with Gasteiger partial charge in [0.25, 0.3) is 0 Å². The molecule has 1 N–H and O–H groups in total. The first kappa shape index (κ1) is 22.3. The van der Waals surface area contributed by atoms with Crippen LogP contribution in [-0.4, -0.2) is 65.7 Å². The van der Waals surface area contributed by atoms with Gasteiger partial charge >= 0.3 is 0 Å². The molecule has 0 radical (unpaired) electrons. The molecular weight excluding hydrogens is 416 g/mol. The van der Waals surface area contributed by atoms with Gasteiger partial charge in [-0.25, -0.2) is 0 Å². The fourth-order valence-corrected chi connectivity index (χ4v) is 4.64. The molecular formula is C25H32N6S. The van der Waals surface area contributed by atoms with Gasteiger partial charge in [0.1, 0.15) is 0 Å². The number of rotatable bonds is 8. The van der Waals surface area contributed by atoms with Gasteiger partial charge in [-0.1, -0.05) is 6.07 Å². The number of benzene rings is 1. The highest BCUT2D eigenvalue weighted by atomic mass is 32.1. The molecule has 0 unspecified atom stereocenters. The van der Waals surface area contributed by atoms with E-state index in [-0.39, 0.29) is 12.1 Å². The molecule has 1 saturated heterocycles. The van der Waals surface area contributed by atoms with Crippen molar-refractivity contribution in [3.8, 4) is 5.69 Å². The molecule has 1 aromatic carbocycles. The Morgan fingerprint density at radius 2 is 1.78 bits per heavy atom. The van der Waals surface area contributed by atoms with Crippen molar-refractivity contribution in [1.82, 2.24) is 24.7 Å². The minimum absolute atomic E-state index is 0.00208. The summed E-state index contributed by atoms with van der Waals surface area (Å²) in [5.41, 5.74) is 4.53. The molecule has 1 aliphatic rings. The summed E-state index contributed by atoms with van der Waals surface area (Å²) < 4.78 is 2.27. The zero-order valence-electron chi connectivity index (χ0n) is 19.3. The van der Waals surface area contributed by atoms with Crippen molar-refractivity contribution in [2.24, 2.45) is 0 Å². The van der Waals surface area contributed by atoms with Crippen molar-refractivity contribution < 1.29 is 0 Å². The molecule has 2 atom stereocenters. The van der Waals surface area contributed by atoms with Crippen LogP contribution in [0.3, 0.4) is 0 Å². The molecule has 32 heavy (non-hydrogen) atoms. The average Bonchev–Trinajstić information content (AvgIpc) is 3.39. The summed E-state index contributed by atoms with van der Waals surface area (Å²) in [5.74, 6) is 0. The molecule has 1 fully saturated rings. The number of pyridine rings is 1. The number of nitrogens with one attached hydrogen (secondary N) is 1. The molecule has 0 saturated carbocycles. The van der Waals surface area contributed by atoms with Gasteiger partial charge in [-0.3, -0.25) is 4.98 Å². The zero-order chi connectivity index (χ0) is 22.7. The highest BCUT2D eigenvalue weighted by Gasteiger charge is 2.40. The third-order valence-corrected chi connectivity index (χ3v) is 6.28. The van der Waals surface area contributed by atoms with E-state index in [2.05, 4.69) is 106 Å². The van der Waals surface area contributed by atoms with Crippen LogP contribution in [0.5, 0.6) is 0 Å². The molecule has 3 heterocycles. The molecule has 4 rings (SSSR count). The van der Waals surface area contributed by atoms with E-state index in [0.717, 1.165) is 36.0 Å². The summed E-state index contributed by atoms with van der Waals surface area (Å²) in [6.07, 6.45) is 5.03. The van der Waals surface area contributed by atoms with E-state index in [9.17, 15) is 0 Å². The van der Waals surface area contributed by atoms with Crippen LogP contribution in [0.25, 0.3) is 5.69 Å². The number of hydrogen-bond acceptors (Lipinski definition) is 4. The number of thiocarbonyl (C=S) groups is 1. The summed E-state index contributed by atoms with van der Waals surface area (Å²) in [5, 5.41) is 4.35. The normalized spacial score (nSPS) is 18.3. The van der Waals surface area contributed by atoms with Gasteiger partial charge in [0.2, 0.25) is 0 Å². The Labute approximate surface area is 196 Å². The molecule has 6 nitrogen and oxygen atoms in total. The molecule has 0 bridgehead atoms. The van der Waals surface area contributed by atoms with Crippen LogP contribution < -0.4 is 10.2 Å². The number of aromatic nitrogens is 2. The van der Waals surface area contributed by atoms with Crippen LogP contribution in [0.4, 0.5) is 5.69 Å². The Kier molecular flexibility index (Phi) is 6.77. The van der Waals surface area contributed by atoms with Gasteiger partial charge in [-0.15, -0.1) is 0 Å². The number of hydrogen-bond donors (Lipinski definition) is 1. The summed E-state index contributed by atoms with van der Waals surface area (Å²) in [7, 11) is 8.34. The predicted molar refractivity (Wildman–Crippen MR) is 135 cm³/mol. The van der Waals surface area contributed by atoms with E-state index in [1.165, 1.54) is 11.4 Å². The van der Waals surface area contributed by atoms with Gasteiger partial charge in [0, 0.05) is 50.1 Å². The number of anilines is 1. The van der Waals surface area contributed by atoms with Crippen molar-refractivity contribution in [3.05, 3.63) is 78.4 Å². The molecule has 7 heteroatoms. The Morgan fingerprint density at radius 1 is 1.00 bits per heavy atom. The lowest BCUT2D eigenvalue weighted by atomic mass is 10.0. The molecule has 2 aromatic heterocycles. The van der Waals surface area contributed by atoms with Crippen molar-refractivity contribution >= 4 is 23.0 Å². The molecule has 168 valence electrons. The SMILES string of the molecule is CN(C)CCCN1C(=S)N[C@H](c2ccccn2)[C@H]1c1cccn1-c1ccc(N(C)C)cc1. The van der Waals surface area contributed by atoms with Crippen LogP contribution in [0, 0.1) is 0 Å². The highest BCUT2D eigenvalue weighted by molar-refractivity contribution is 7.80. The smallest absolute Gasteiger partial charge is 0.170 e. The molecule has 0 amide bonds. The Balaban J connectivity index is 1.71. The van der Waals surface area contributed by atoms with E-state index in [4.69, 9.17) is 12.2 Å². The lowest BCUT2D eigenvalue weighted by Crippen LogP contribution is -2.33. The largest absolute Gasteiger partial charge is 0.378 e. The van der Waals surface area contributed by atoms with Gasteiger partial charge in [0.15, 0.2) is 5.11 Å². The third-order valence-electron chi connectivity index (χ3n) is 5.93. The Hall–Kier alpha value is -2.90. The van der Waals surface area contributed by atoms with Crippen LogP contribution in [0.1, 0.15) is 29.9 Å². The van der Waals surface area contributed by atoms with Gasteiger partial charge < -0.3 is 24.6 Å². The maximum Gasteiger partial charge on any atom is 0.170 e. The molecule has 1 aliphatic heterocycles. The van der Waals surface area contributed by atoms with Gasteiger partial charge in [-0.05, 0) is 87.8 Å². The quantitative estimate of drug-likeness (QED) is 0.528. The van der Waals surface area contributed by atoms with Crippen LogP contribution in [-0.2, 0) is 0 Å². The standard InChI is InChI=1S/C25H32N6S/c1-28(2)16-8-18-31-24(23(27-25(31)32)21-9-5-6-15-26-21)22-10-7-17-30(22)20-13-11-19(12-14-20)29(3)4/h5-7,9-15,17,23-24H,8,16,18H2,1-4H3,(H,27,32)/t23-,24-/m1/s1. The van der Waals surface area contributed by atoms with E-state index in [1.54, 1.807) is 0 Å². The van der Waals surface area contributed by atoms with Crippen molar-refractivity contribution in [1.29, 1.82) is 0 Å². The number of nitrogens with zero attached hydrogens (tertiary/aromatic N) is 5. The van der Waals surface area contributed by atoms with Gasteiger partial charge in [-0.2, -0.15) is 0 Å². The van der Waals surface area contributed by atoms with Crippen molar-refractivity contribution in [2.45, 2.75) is 18.5 Å². The Bertz CT molecular complexity index is 1030. The lowest BCUT2D eigenvalue weighted by molar-refractivity contribution is 0.286. The highest BCUT2D eigenvalue weighted by Crippen LogP contribution is 2.39. The van der Waals surface area contributed by atoms with Crippen molar-refractivity contribution in [2.75, 3.05) is 46.2 Å². The molecule has 3 aromatic rings. The minimum atomic E-state index is -0.00208. The Morgan fingerprint density at radius 3 is 2.44 bits per heavy atom. The lowest BCUT2D eigenvalue weighted by Gasteiger charge is -2.29. The third kappa shape index (κ3) is 4.64. The first-order chi connectivity index (χ1) is 15.5. The second-order valence-electron chi connectivity index (χ2n) is 8.69. The van der Waals surface area contributed by atoms with E-state index < -0.39 is 0 Å². The van der Waals surface area contributed by atoms with Crippen LogP contribution >= 0.6 is 12.2 Å². The van der Waals surface area contributed by atoms with E-state index >= 15 is 0 Å².